The molecule has 0 amide bonds. The van der Waals surface area contributed by atoms with Crippen LogP contribution in [0, 0.1) is 17.0 Å². The summed E-state index contributed by atoms with van der Waals surface area (Å²) in [6.45, 7) is 3.32. The summed E-state index contributed by atoms with van der Waals surface area (Å²) in [5.41, 5.74) is 1.83. The summed E-state index contributed by atoms with van der Waals surface area (Å²) in [7, 11) is -3.98. The maximum Gasteiger partial charge on any atom is 0.276 e. The van der Waals surface area contributed by atoms with E-state index in [4.69, 9.17) is 0 Å². The maximum atomic E-state index is 12.2. The lowest BCUT2D eigenvalue weighted by Gasteiger charge is -2.04. The Labute approximate surface area is 145 Å². The van der Waals surface area contributed by atoms with Crippen molar-refractivity contribution >= 4 is 28.0 Å². The average Bonchev–Trinajstić information content (AvgIpc) is 2.55. The van der Waals surface area contributed by atoms with Gasteiger partial charge >= 0.3 is 0 Å². The van der Waals surface area contributed by atoms with Crippen molar-refractivity contribution < 1.29 is 13.3 Å². The number of sulfonamides is 1. The van der Waals surface area contributed by atoms with Crippen LogP contribution >= 0.6 is 0 Å². The molecule has 1 N–H and O–H groups in total. The minimum absolute atomic E-state index is 0.216. The Morgan fingerprint density at radius 1 is 1.20 bits per heavy atom. The fourth-order valence-electron chi connectivity index (χ4n) is 2.05. The maximum absolute atomic E-state index is 12.2. The molecule has 7 nitrogen and oxygen atoms in total. The number of nitro groups is 1. The molecule has 2 rings (SSSR count). The molecule has 0 heterocycles. The fraction of sp³-hybridized carbons (Fsp3) is 0.118. The second-order valence-corrected chi connectivity index (χ2v) is 7.02. The molecule has 0 aliphatic carbocycles. The van der Waals surface area contributed by atoms with Gasteiger partial charge in [0.25, 0.3) is 15.7 Å². The van der Waals surface area contributed by atoms with Gasteiger partial charge in [-0.2, -0.15) is 13.5 Å². The molecule has 0 bridgehead atoms. The van der Waals surface area contributed by atoms with Crippen molar-refractivity contribution in [3.05, 3.63) is 75.3 Å². The van der Waals surface area contributed by atoms with Crippen molar-refractivity contribution in [2.45, 2.75) is 18.7 Å². The number of hydrogen-bond acceptors (Lipinski definition) is 5. The first kappa shape index (κ1) is 18.3. The largest absolute Gasteiger partial charge is 0.276 e. The summed E-state index contributed by atoms with van der Waals surface area (Å²) < 4.78 is 24.4. The number of hydrogen-bond donors (Lipinski definition) is 1. The highest BCUT2D eigenvalue weighted by Crippen LogP contribution is 2.22. The van der Waals surface area contributed by atoms with Crippen molar-refractivity contribution in [2.75, 3.05) is 0 Å². The van der Waals surface area contributed by atoms with Gasteiger partial charge in [0.1, 0.15) is 0 Å². The molecular weight excluding hydrogens is 342 g/mol. The van der Waals surface area contributed by atoms with Crippen LogP contribution in [-0.4, -0.2) is 19.6 Å². The van der Waals surface area contributed by atoms with Crippen molar-refractivity contribution in [1.82, 2.24) is 4.83 Å². The highest BCUT2D eigenvalue weighted by Gasteiger charge is 2.19. The number of nitrogens with zero attached hydrogens (tertiary/aromatic N) is 2. The van der Waals surface area contributed by atoms with Crippen molar-refractivity contribution in [2.24, 2.45) is 5.10 Å². The fourth-order valence-corrected chi connectivity index (χ4v) is 2.86. The van der Waals surface area contributed by atoms with E-state index in [0.717, 1.165) is 17.2 Å². The van der Waals surface area contributed by atoms with Gasteiger partial charge in [-0.25, -0.2) is 4.83 Å². The number of hydrazone groups is 1. The smallest absolute Gasteiger partial charge is 0.258 e. The molecule has 8 heteroatoms. The van der Waals surface area contributed by atoms with E-state index >= 15 is 0 Å². The van der Waals surface area contributed by atoms with Crippen LogP contribution in [0.4, 0.5) is 5.69 Å². The third-order valence-electron chi connectivity index (χ3n) is 3.32. The minimum Gasteiger partial charge on any atom is -0.258 e. The van der Waals surface area contributed by atoms with Crippen LogP contribution in [0.3, 0.4) is 0 Å². The van der Waals surface area contributed by atoms with Crippen LogP contribution in [0.5, 0.6) is 0 Å². The molecule has 0 unspecified atom stereocenters. The van der Waals surface area contributed by atoms with Crippen molar-refractivity contribution in [3.63, 3.8) is 0 Å². The van der Waals surface area contributed by atoms with Gasteiger partial charge in [0, 0.05) is 11.6 Å². The molecule has 130 valence electrons. The second-order valence-electron chi connectivity index (χ2n) is 5.36. The van der Waals surface area contributed by atoms with Crippen LogP contribution in [0.2, 0.25) is 0 Å². The minimum atomic E-state index is -3.98. The van der Waals surface area contributed by atoms with Crippen LogP contribution in [0.15, 0.2) is 64.1 Å². The Bertz CT molecular complexity index is 936. The highest BCUT2D eigenvalue weighted by molar-refractivity contribution is 7.89. The predicted octanol–water partition coefficient (Wildman–Crippen LogP) is 3.27. The van der Waals surface area contributed by atoms with Gasteiger partial charge in [-0.05, 0) is 31.1 Å². The SMILES string of the molecule is CC(/C=N/NS(=O)(=O)c1ccc(C)c([N+](=O)[O-])c1)=C\c1ccccc1. The molecule has 0 aliphatic heterocycles. The number of aryl methyl sites for hydroxylation is 1. The molecule has 0 radical (unpaired) electrons. The molecule has 2 aromatic rings. The standard InChI is InChI=1S/C17H17N3O4S/c1-13(10-15-6-4-3-5-7-15)12-18-19-25(23,24)16-9-8-14(2)17(11-16)20(21)22/h3-12,19H,1-2H3/b13-10+,18-12+. The Hall–Kier alpha value is -3.00. The normalized spacial score (nSPS) is 12.3. The highest BCUT2D eigenvalue weighted by atomic mass is 32.2. The zero-order valence-electron chi connectivity index (χ0n) is 13.7. The van der Waals surface area contributed by atoms with Crippen molar-refractivity contribution in [3.8, 4) is 0 Å². The van der Waals surface area contributed by atoms with E-state index in [9.17, 15) is 18.5 Å². The number of benzene rings is 2. The van der Waals surface area contributed by atoms with Crippen LogP contribution in [0.1, 0.15) is 18.1 Å². The number of nitro benzene ring substituents is 1. The Balaban J connectivity index is 2.15. The van der Waals surface area contributed by atoms with Crippen LogP contribution < -0.4 is 4.83 Å². The molecule has 0 aliphatic rings. The number of nitrogens with one attached hydrogen (secondary N) is 1. The molecule has 0 fully saturated rings. The number of rotatable bonds is 6. The number of allylic oxidation sites excluding steroid dienone is 1. The first-order valence-corrected chi connectivity index (χ1v) is 8.81. The van der Waals surface area contributed by atoms with Gasteiger partial charge in [0.15, 0.2) is 0 Å². The Kier molecular flexibility index (Phi) is 5.66. The van der Waals surface area contributed by atoms with E-state index in [1.165, 1.54) is 25.3 Å². The van der Waals surface area contributed by atoms with Crippen LogP contribution in [-0.2, 0) is 10.0 Å². The van der Waals surface area contributed by atoms with Gasteiger partial charge in [-0.1, -0.05) is 42.5 Å². The summed E-state index contributed by atoms with van der Waals surface area (Å²) in [6.07, 6.45) is 3.21. The van der Waals surface area contributed by atoms with Crippen molar-refractivity contribution in [1.29, 1.82) is 0 Å². The summed E-state index contributed by atoms with van der Waals surface area (Å²) in [4.78, 5) is 12.2. The molecule has 0 aromatic heterocycles. The quantitative estimate of drug-likeness (QED) is 0.486. The Morgan fingerprint density at radius 2 is 1.88 bits per heavy atom. The van der Waals surface area contributed by atoms with Crippen LogP contribution in [0.25, 0.3) is 6.08 Å². The van der Waals surface area contributed by atoms with E-state index in [1.807, 2.05) is 36.4 Å². The third-order valence-corrected chi connectivity index (χ3v) is 4.54. The van der Waals surface area contributed by atoms with Gasteiger partial charge in [-0.3, -0.25) is 10.1 Å². The lowest BCUT2D eigenvalue weighted by atomic mass is 10.1. The molecule has 2 aromatic carbocycles. The Morgan fingerprint density at radius 3 is 2.52 bits per heavy atom. The van der Waals surface area contributed by atoms with Gasteiger partial charge < -0.3 is 0 Å². The summed E-state index contributed by atoms with van der Waals surface area (Å²) in [5.74, 6) is 0. The zero-order valence-corrected chi connectivity index (χ0v) is 14.5. The molecule has 0 saturated heterocycles. The second kappa shape index (κ2) is 7.71. The summed E-state index contributed by atoms with van der Waals surface area (Å²) >= 11 is 0. The molecule has 0 spiro atoms. The molecule has 25 heavy (non-hydrogen) atoms. The lowest BCUT2D eigenvalue weighted by Crippen LogP contribution is -2.18. The first-order valence-electron chi connectivity index (χ1n) is 7.33. The van der Waals surface area contributed by atoms with Gasteiger partial charge in [0.05, 0.1) is 16.0 Å². The van der Waals surface area contributed by atoms with E-state index in [1.54, 1.807) is 6.92 Å². The van der Waals surface area contributed by atoms with Gasteiger partial charge in [0.2, 0.25) is 0 Å². The molecule has 0 atom stereocenters. The molecular formula is C17H17N3O4S. The zero-order chi connectivity index (χ0) is 18.4. The summed E-state index contributed by atoms with van der Waals surface area (Å²) in [6, 6.07) is 13.2. The monoisotopic (exact) mass is 359 g/mol. The molecule has 0 saturated carbocycles. The first-order chi connectivity index (χ1) is 11.8. The topological polar surface area (TPSA) is 102 Å². The third kappa shape index (κ3) is 4.98. The predicted molar refractivity (Wildman–Crippen MR) is 96.7 cm³/mol. The average molecular weight is 359 g/mol. The van der Waals surface area contributed by atoms with E-state index < -0.39 is 14.9 Å². The van der Waals surface area contributed by atoms with E-state index in [-0.39, 0.29) is 10.6 Å². The van der Waals surface area contributed by atoms with E-state index in [2.05, 4.69) is 9.93 Å². The summed E-state index contributed by atoms with van der Waals surface area (Å²) in [5, 5.41) is 14.6. The van der Waals surface area contributed by atoms with E-state index in [0.29, 0.717) is 5.56 Å². The lowest BCUT2D eigenvalue weighted by molar-refractivity contribution is -0.385. The van der Waals surface area contributed by atoms with Gasteiger partial charge in [-0.15, -0.1) is 0 Å².